The maximum Gasteiger partial charge on any atom is 0.227 e. The molecule has 0 unspecified atom stereocenters. The number of fused-ring (bicyclic) bond motifs is 2. The fourth-order valence-corrected chi connectivity index (χ4v) is 5.60. The Morgan fingerprint density at radius 1 is 0.846 bits per heavy atom. The molecule has 0 spiro atoms. The number of nitrogens with one attached hydrogen (secondary N) is 3. The van der Waals surface area contributed by atoms with E-state index in [4.69, 9.17) is 0 Å². The number of hydrogen-bond acceptors (Lipinski definition) is 5. The summed E-state index contributed by atoms with van der Waals surface area (Å²) in [6.07, 6.45) is 14.2. The molecule has 7 rings (SSSR count). The number of aromatic amines is 2. The zero-order valence-corrected chi connectivity index (χ0v) is 21.3. The van der Waals surface area contributed by atoms with Crippen molar-refractivity contribution in [2.45, 2.75) is 32.1 Å². The van der Waals surface area contributed by atoms with Gasteiger partial charge in [-0.2, -0.15) is 5.10 Å². The summed E-state index contributed by atoms with van der Waals surface area (Å²) in [6, 6.07) is 16.4. The maximum atomic E-state index is 12.8. The van der Waals surface area contributed by atoms with Crippen molar-refractivity contribution in [2.24, 2.45) is 5.92 Å². The van der Waals surface area contributed by atoms with Crippen molar-refractivity contribution < 1.29 is 4.79 Å². The molecule has 0 saturated heterocycles. The van der Waals surface area contributed by atoms with Crippen molar-refractivity contribution in [1.29, 1.82) is 0 Å². The number of carbonyl (C=O) groups is 1. The van der Waals surface area contributed by atoms with Crippen molar-refractivity contribution in [1.82, 2.24) is 30.1 Å². The highest BCUT2D eigenvalue weighted by Crippen LogP contribution is 2.35. The summed E-state index contributed by atoms with van der Waals surface area (Å²) in [5.41, 5.74) is 8.16. The molecule has 0 aliphatic heterocycles. The van der Waals surface area contributed by atoms with E-state index in [9.17, 15) is 4.79 Å². The van der Waals surface area contributed by atoms with Crippen molar-refractivity contribution in [3.63, 3.8) is 0 Å². The quantitative estimate of drug-likeness (QED) is 0.236. The van der Waals surface area contributed by atoms with Crippen LogP contribution in [-0.2, 0) is 4.79 Å². The number of nitrogens with zero attached hydrogens (tertiary/aromatic N) is 4. The SMILES string of the molecule is O=C(Nc1cncc(-c2cc3c(-c4cc5c(-c6ccncc6)cccc5[nH]4)n[nH]c3cn2)c1)C1CCCCC1. The summed E-state index contributed by atoms with van der Waals surface area (Å²) in [6.45, 7) is 0. The van der Waals surface area contributed by atoms with Gasteiger partial charge in [0, 0.05) is 46.4 Å². The van der Waals surface area contributed by atoms with Crippen molar-refractivity contribution in [2.75, 3.05) is 5.32 Å². The average molecular weight is 514 g/mol. The van der Waals surface area contributed by atoms with Gasteiger partial charge in [0.1, 0.15) is 5.69 Å². The second-order valence-electron chi connectivity index (χ2n) is 10.2. The molecule has 5 aromatic heterocycles. The predicted octanol–water partition coefficient (Wildman–Crippen LogP) is 6.75. The second kappa shape index (κ2) is 9.79. The van der Waals surface area contributed by atoms with Gasteiger partial charge < -0.3 is 10.3 Å². The Hall–Kier alpha value is -4.85. The molecular formula is C31H27N7O. The summed E-state index contributed by atoms with van der Waals surface area (Å²) in [4.78, 5) is 29.5. The van der Waals surface area contributed by atoms with Gasteiger partial charge in [-0.3, -0.25) is 24.8 Å². The third kappa shape index (κ3) is 4.44. The fraction of sp³-hybridized carbons (Fsp3) is 0.194. The van der Waals surface area contributed by atoms with Gasteiger partial charge in [-0.25, -0.2) is 0 Å². The Morgan fingerprint density at radius 2 is 1.72 bits per heavy atom. The molecule has 0 atom stereocenters. The average Bonchev–Trinajstić information content (AvgIpc) is 3.62. The van der Waals surface area contributed by atoms with E-state index in [-0.39, 0.29) is 11.8 Å². The van der Waals surface area contributed by atoms with Crippen molar-refractivity contribution >= 4 is 33.4 Å². The first-order valence-electron chi connectivity index (χ1n) is 13.4. The molecule has 39 heavy (non-hydrogen) atoms. The lowest BCUT2D eigenvalue weighted by Crippen LogP contribution is -2.24. The predicted molar refractivity (Wildman–Crippen MR) is 153 cm³/mol. The molecule has 8 heteroatoms. The minimum atomic E-state index is 0.0825. The van der Waals surface area contributed by atoms with Gasteiger partial charge in [0.15, 0.2) is 0 Å². The van der Waals surface area contributed by atoms with Crippen LogP contribution >= 0.6 is 0 Å². The fourth-order valence-electron chi connectivity index (χ4n) is 5.60. The maximum absolute atomic E-state index is 12.8. The summed E-state index contributed by atoms with van der Waals surface area (Å²) >= 11 is 0. The number of hydrogen-bond donors (Lipinski definition) is 3. The molecule has 5 heterocycles. The number of benzene rings is 1. The normalized spacial score (nSPS) is 14.2. The second-order valence-corrected chi connectivity index (χ2v) is 10.2. The molecule has 1 aromatic carbocycles. The third-order valence-corrected chi connectivity index (χ3v) is 7.64. The Balaban J connectivity index is 1.23. The first-order chi connectivity index (χ1) is 19.2. The Kier molecular flexibility index (Phi) is 5.85. The number of rotatable bonds is 5. The van der Waals surface area contributed by atoms with Gasteiger partial charge in [-0.1, -0.05) is 31.4 Å². The van der Waals surface area contributed by atoms with Gasteiger partial charge in [0.25, 0.3) is 0 Å². The number of pyridine rings is 3. The third-order valence-electron chi connectivity index (χ3n) is 7.64. The molecule has 1 aliphatic carbocycles. The van der Waals surface area contributed by atoms with Crippen LogP contribution in [0.1, 0.15) is 32.1 Å². The van der Waals surface area contributed by atoms with E-state index in [1.807, 2.05) is 36.7 Å². The topological polar surface area (TPSA) is 112 Å². The number of carbonyl (C=O) groups excluding carboxylic acids is 1. The first kappa shape index (κ1) is 23.3. The number of H-pyrrole nitrogens is 2. The zero-order chi connectivity index (χ0) is 26.2. The van der Waals surface area contributed by atoms with Gasteiger partial charge in [0.05, 0.1) is 35.0 Å². The molecule has 0 radical (unpaired) electrons. The molecule has 1 amide bonds. The highest BCUT2D eigenvalue weighted by atomic mass is 16.1. The van der Waals surface area contributed by atoms with E-state index in [1.165, 1.54) is 6.42 Å². The van der Waals surface area contributed by atoms with E-state index in [1.54, 1.807) is 18.6 Å². The Labute approximate surface area is 224 Å². The standard InChI is InChI=1S/C31H27N7O/c39-31(20-5-2-1-3-6-20)35-22-13-21(16-33-17-22)27-15-25-29(18-34-27)37-38-30(25)28-14-24-23(7-4-8-26(24)36-28)19-9-11-32-12-10-19/h4,7-18,20,36H,1-3,5-6H2,(H,35,39)(H,37,38). The minimum Gasteiger partial charge on any atom is -0.353 e. The van der Waals surface area contributed by atoms with Gasteiger partial charge >= 0.3 is 0 Å². The molecule has 0 bridgehead atoms. The summed E-state index contributed by atoms with van der Waals surface area (Å²) in [5, 5.41) is 12.9. The van der Waals surface area contributed by atoms with Crippen LogP contribution in [-0.4, -0.2) is 36.0 Å². The van der Waals surface area contributed by atoms with Gasteiger partial charge in [-0.15, -0.1) is 0 Å². The highest BCUT2D eigenvalue weighted by molar-refractivity contribution is 6.01. The zero-order valence-electron chi connectivity index (χ0n) is 21.3. The van der Waals surface area contributed by atoms with Gasteiger partial charge in [-0.05, 0) is 60.4 Å². The van der Waals surface area contributed by atoms with E-state index in [2.05, 4.69) is 59.7 Å². The van der Waals surface area contributed by atoms with Gasteiger partial charge in [0.2, 0.25) is 5.91 Å². The van der Waals surface area contributed by atoms with Crippen LogP contribution < -0.4 is 5.32 Å². The summed E-state index contributed by atoms with van der Waals surface area (Å²) in [5.74, 6) is 0.167. The lowest BCUT2D eigenvalue weighted by atomic mass is 9.88. The molecule has 1 fully saturated rings. The molecule has 1 saturated carbocycles. The van der Waals surface area contributed by atoms with E-state index in [0.717, 1.165) is 81.3 Å². The van der Waals surface area contributed by atoms with Crippen molar-refractivity contribution in [3.8, 4) is 33.8 Å². The van der Waals surface area contributed by atoms with Crippen LogP contribution in [0.2, 0.25) is 0 Å². The van der Waals surface area contributed by atoms with Crippen LogP contribution in [0.4, 0.5) is 5.69 Å². The molecular weight excluding hydrogens is 486 g/mol. The van der Waals surface area contributed by atoms with Crippen LogP contribution in [0.3, 0.4) is 0 Å². The number of aromatic nitrogens is 6. The van der Waals surface area contributed by atoms with E-state index >= 15 is 0 Å². The van der Waals surface area contributed by atoms with Crippen LogP contribution in [0.15, 0.2) is 79.5 Å². The molecule has 8 nitrogen and oxygen atoms in total. The lowest BCUT2D eigenvalue weighted by molar-refractivity contribution is -0.120. The van der Waals surface area contributed by atoms with E-state index in [0.29, 0.717) is 5.69 Å². The number of anilines is 1. The summed E-state index contributed by atoms with van der Waals surface area (Å²) < 4.78 is 0. The minimum absolute atomic E-state index is 0.0825. The van der Waals surface area contributed by atoms with Crippen LogP contribution in [0.25, 0.3) is 55.6 Å². The number of amides is 1. The summed E-state index contributed by atoms with van der Waals surface area (Å²) in [7, 11) is 0. The lowest BCUT2D eigenvalue weighted by Gasteiger charge is -2.20. The largest absolute Gasteiger partial charge is 0.353 e. The Morgan fingerprint density at radius 3 is 2.59 bits per heavy atom. The van der Waals surface area contributed by atoms with Crippen molar-refractivity contribution in [3.05, 3.63) is 79.5 Å². The smallest absolute Gasteiger partial charge is 0.227 e. The molecule has 1 aliphatic rings. The van der Waals surface area contributed by atoms with E-state index < -0.39 is 0 Å². The molecule has 3 N–H and O–H groups in total. The molecule has 192 valence electrons. The van der Waals surface area contributed by atoms with Crippen LogP contribution in [0, 0.1) is 5.92 Å². The highest BCUT2D eigenvalue weighted by Gasteiger charge is 2.21. The molecule has 6 aromatic rings. The monoisotopic (exact) mass is 513 g/mol. The Bertz CT molecular complexity index is 1800. The van der Waals surface area contributed by atoms with Crippen LogP contribution in [0.5, 0.6) is 0 Å². The first-order valence-corrected chi connectivity index (χ1v) is 13.4.